The average molecular weight is 676 g/mol. The molecular formula is C23H26N13O10P. The van der Waals surface area contributed by atoms with Crippen LogP contribution in [-0.4, -0.2) is 112 Å². The molecule has 0 aromatic carbocycles. The highest BCUT2D eigenvalue weighted by Crippen LogP contribution is 2.50. The number of nitrogens with one attached hydrogen (secondary N) is 1. The Hall–Kier alpha value is -4.45. The zero-order valence-electron chi connectivity index (χ0n) is 23.8. The van der Waals surface area contributed by atoms with Crippen molar-refractivity contribution < 1.29 is 42.9 Å². The summed E-state index contributed by atoms with van der Waals surface area (Å²) in [5.41, 5.74) is 11.9. The maximum absolute atomic E-state index is 13.3. The predicted octanol–water partition coefficient (Wildman–Crippen LogP) is -2.67. The molecule has 23 nitrogen and oxygen atoms in total. The molecule has 0 saturated carbocycles. The van der Waals surface area contributed by atoms with E-state index in [2.05, 4.69) is 40.2 Å². The fraction of sp³-hybridized carbons (Fsp3) is 0.478. The molecule has 2 saturated heterocycles. The number of nitrogens with two attached hydrogens (primary N) is 2. The lowest BCUT2D eigenvalue weighted by molar-refractivity contribution is -0.0774. The fourth-order valence-electron chi connectivity index (χ4n) is 5.88. The fourth-order valence-corrected chi connectivity index (χ4v) is 6.85. The summed E-state index contributed by atoms with van der Waals surface area (Å²) >= 11 is 0. The van der Waals surface area contributed by atoms with Crippen LogP contribution >= 0.6 is 7.82 Å². The van der Waals surface area contributed by atoms with Crippen LogP contribution < -0.4 is 17.0 Å². The van der Waals surface area contributed by atoms with Crippen LogP contribution in [0.3, 0.4) is 0 Å². The average Bonchev–Trinajstić information content (AvgIpc) is 3.84. The standard InChI is InChI=1S/C23H26N13O10P/c24-17-11-18(27-5-26-17)35(6-28-11)21-14(38)15-9(44-21)2-34-1-8(32-33-34)3-42-16-13(37)10(4-43-47(40,41)46-15)45-22(16)36-7-29-12-19(36)30-23(25)31-20(12)39/h1,5-7,9-10,13-16,21-22,37-38H,2-4H2,(H,40,41)(H2,24,26,27)(H3,25,30,31,39)/t9-,10-,13?,14?,15?,16?,21-,22-/m1/s1. The minimum absolute atomic E-state index is 0.0427. The summed E-state index contributed by atoms with van der Waals surface area (Å²) in [7, 11) is -4.97. The number of aromatic amines is 1. The number of hydrogen-bond acceptors (Lipinski definition) is 18. The third-order valence-corrected chi connectivity index (χ3v) is 9.03. The summed E-state index contributed by atoms with van der Waals surface area (Å²) in [5, 5.41) is 30.8. The molecule has 8 N–H and O–H groups in total. The van der Waals surface area contributed by atoms with Crippen LogP contribution in [0.25, 0.3) is 22.3 Å². The van der Waals surface area contributed by atoms with Crippen molar-refractivity contribution in [2.24, 2.45) is 0 Å². The van der Waals surface area contributed by atoms with Crippen molar-refractivity contribution in [2.75, 3.05) is 18.1 Å². The van der Waals surface area contributed by atoms with E-state index in [9.17, 15) is 24.5 Å². The summed E-state index contributed by atoms with van der Waals surface area (Å²) in [6, 6.07) is 0. The SMILES string of the molecule is Nc1nc2c(ncn2[C@@H]2O[C@@H]3COP(=O)(O)OC4C(O)[C@H](n5cnc6c(N)ncnc65)O[C@@H]4Cn4cc(nn4)COC2C3O)c(=O)[nH]1. The summed E-state index contributed by atoms with van der Waals surface area (Å²) in [5.74, 6) is -0.0736. The highest BCUT2D eigenvalue weighted by atomic mass is 31.2. The Kier molecular flexibility index (Phi) is 7.05. The molecule has 5 aromatic heterocycles. The molecule has 5 aromatic rings. The molecule has 8 rings (SSSR count). The molecule has 0 radical (unpaired) electrons. The van der Waals surface area contributed by atoms with Gasteiger partial charge in [-0.3, -0.25) is 28.0 Å². The molecule has 0 amide bonds. The van der Waals surface area contributed by atoms with Gasteiger partial charge in [-0.25, -0.2) is 29.2 Å². The third kappa shape index (κ3) is 5.13. The first-order chi connectivity index (χ1) is 22.6. The van der Waals surface area contributed by atoms with Crippen molar-refractivity contribution in [3.8, 4) is 0 Å². The second kappa shape index (κ2) is 11.1. The number of rotatable bonds is 2. The number of aromatic nitrogens is 11. The number of aliphatic hydroxyl groups is 2. The van der Waals surface area contributed by atoms with Gasteiger partial charge in [-0.2, -0.15) is 4.98 Å². The molecule has 47 heavy (non-hydrogen) atoms. The van der Waals surface area contributed by atoms with Gasteiger partial charge in [-0.05, 0) is 0 Å². The van der Waals surface area contributed by atoms with E-state index < -0.39 is 69.1 Å². The quantitative estimate of drug-likeness (QED) is 0.104. The van der Waals surface area contributed by atoms with E-state index in [4.69, 9.17) is 34.7 Å². The molecule has 24 heteroatoms. The number of anilines is 2. The molecule has 2 fully saturated rings. The van der Waals surface area contributed by atoms with Gasteiger partial charge in [0.15, 0.2) is 35.1 Å². The lowest BCUT2D eigenvalue weighted by Crippen LogP contribution is -2.37. The number of nitrogen functional groups attached to an aromatic ring is 2. The first kappa shape index (κ1) is 29.9. The third-order valence-electron chi connectivity index (χ3n) is 8.04. The molecule has 8 heterocycles. The molecule has 5 unspecified atom stereocenters. The second-order valence-electron chi connectivity index (χ2n) is 11.0. The van der Waals surface area contributed by atoms with Crippen molar-refractivity contribution >= 4 is 41.9 Å². The Bertz CT molecular complexity index is 2080. The molecular weight excluding hydrogens is 649 g/mol. The van der Waals surface area contributed by atoms with Gasteiger partial charge in [0.25, 0.3) is 5.56 Å². The van der Waals surface area contributed by atoms with Gasteiger partial charge in [0, 0.05) is 0 Å². The van der Waals surface area contributed by atoms with Crippen LogP contribution in [0.1, 0.15) is 18.1 Å². The normalized spacial score (nSPS) is 33.2. The molecule has 0 aliphatic carbocycles. The van der Waals surface area contributed by atoms with Crippen molar-refractivity contribution in [3.05, 3.63) is 41.2 Å². The number of nitrogens with zero attached hydrogens (tertiary/aromatic N) is 10. The van der Waals surface area contributed by atoms with Crippen molar-refractivity contribution in [2.45, 2.75) is 62.2 Å². The van der Waals surface area contributed by atoms with Gasteiger partial charge < -0.3 is 40.8 Å². The molecule has 3 aliphatic heterocycles. The zero-order chi connectivity index (χ0) is 32.6. The van der Waals surface area contributed by atoms with Gasteiger partial charge in [0.1, 0.15) is 54.2 Å². The molecule has 3 aliphatic rings. The number of phosphoric ester groups is 1. The maximum atomic E-state index is 13.3. The van der Waals surface area contributed by atoms with Crippen LogP contribution in [0.15, 0.2) is 30.0 Å². The Balaban J connectivity index is 1.11. The minimum Gasteiger partial charge on any atom is -0.387 e. The van der Waals surface area contributed by atoms with E-state index in [0.717, 1.165) is 0 Å². The van der Waals surface area contributed by atoms with E-state index in [1.165, 1.54) is 39.0 Å². The first-order valence-corrected chi connectivity index (χ1v) is 15.5. The van der Waals surface area contributed by atoms with Crippen molar-refractivity contribution in [1.29, 1.82) is 0 Å². The summed E-state index contributed by atoms with van der Waals surface area (Å²) in [4.78, 5) is 46.0. The Morgan fingerprint density at radius 3 is 2.55 bits per heavy atom. The van der Waals surface area contributed by atoms with E-state index in [-0.39, 0.29) is 47.2 Å². The molecule has 4 bridgehead atoms. The molecule has 0 spiro atoms. The number of fused-ring (bicyclic) bond motifs is 7. The predicted molar refractivity (Wildman–Crippen MR) is 151 cm³/mol. The van der Waals surface area contributed by atoms with Gasteiger partial charge in [0.05, 0.1) is 38.6 Å². The number of ether oxygens (including phenoxy) is 3. The van der Waals surface area contributed by atoms with E-state index >= 15 is 0 Å². The van der Waals surface area contributed by atoms with Crippen molar-refractivity contribution in [1.82, 2.24) is 54.0 Å². The summed E-state index contributed by atoms with van der Waals surface area (Å²) < 4.78 is 46.4. The van der Waals surface area contributed by atoms with Gasteiger partial charge in [-0.1, -0.05) is 5.21 Å². The lowest BCUT2D eigenvalue weighted by Gasteiger charge is -2.24. The minimum atomic E-state index is -4.97. The van der Waals surface area contributed by atoms with Gasteiger partial charge >= 0.3 is 7.82 Å². The Morgan fingerprint density at radius 1 is 0.957 bits per heavy atom. The highest BCUT2D eigenvalue weighted by molar-refractivity contribution is 7.47. The zero-order valence-corrected chi connectivity index (χ0v) is 24.7. The lowest BCUT2D eigenvalue weighted by atomic mass is 10.1. The second-order valence-corrected chi connectivity index (χ2v) is 12.4. The van der Waals surface area contributed by atoms with Crippen LogP contribution in [0.2, 0.25) is 0 Å². The highest BCUT2D eigenvalue weighted by Gasteiger charge is 2.51. The topological polar surface area (TPSA) is 314 Å². The number of phosphoric acid groups is 1. The van der Waals surface area contributed by atoms with Crippen molar-refractivity contribution in [3.63, 3.8) is 0 Å². The van der Waals surface area contributed by atoms with Crippen LogP contribution in [0, 0.1) is 0 Å². The maximum Gasteiger partial charge on any atom is 0.472 e. The van der Waals surface area contributed by atoms with E-state index in [0.29, 0.717) is 5.69 Å². The van der Waals surface area contributed by atoms with Crippen LogP contribution in [-0.2, 0) is 41.0 Å². The Morgan fingerprint density at radius 2 is 1.72 bits per heavy atom. The van der Waals surface area contributed by atoms with E-state index in [1.807, 2.05) is 0 Å². The van der Waals surface area contributed by atoms with E-state index in [1.54, 1.807) is 0 Å². The summed E-state index contributed by atoms with van der Waals surface area (Å²) in [6.07, 6.45) is -4.83. The monoisotopic (exact) mass is 675 g/mol. The first-order valence-electron chi connectivity index (χ1n) is 14.0. The number of hydrogen-bond donors (Lipinski definition) is 6. The number of H-pyrrole nitrogens is 1. The molecule has 248 valence electrons. The number of aliphatic hydroxyl groups excluding tert-OH is 2. The smallest absolute Gasteiger partial charge is 0.387 e. The number of imidazole rings is 2. The summed E-state index contributed by atoms with van der Waals surface area (Å²) in [6.45, 7) is -0.893. The van der Waals surface area contributed by atoms with Crippen LogP contribution in [0.4, 0.5) is 11.8 Å². The van der Waals surface area contributed by atoms with Crippen LogP contribution in [0.5, 0.6) is 0 Å². The largest absolute Gasteiger partial charge is 0.472 e. The Labute approximate surface area is 260 Å². The van der Waals surface area contributed by atoms with Gasteiger partial charge in [-0.15, -0.1) is 5.10 Å². The van der Waals surface area contributed by atoms with Gasteiger partial charge in [0.2, 0.25) is 5.95 Å². The molecule has 9 atom stereocenters.